The van der Waals surface area contributed by atoms with Crippen molar-refractivity contribution in [1.29, 1.82) is 0 Å². The highest BCUT2D eigenvalue weighted by Gasteiger charge is 2.15. The van der Waals surface area contributed by atoms with Gasteiger partial charge in [0.1, 0.15) is 5.82 Å². The fourth-order valence-electron chi connectivity index (χ4n) is 2.10. The fourth-order valence-corrected chi connectivity index (χ4v) is 3.30. The zero-order valence-corrected chi connectivity index (χ0v) is 13.3. The first-order chi connectivity index (χ1) is 8.99. The van der Waals surface area contributed by atoms with E-state index in [1.807, 2.05) is 18.0 Å². The Morgan fingerprint density at radius 3 is 2.79 bits per heavy atom. The second-order valence-corrected chi connectivity index (χ2v) is 6.87. The zero-order valence-electron chi connectivity index (χ0n) is 10.9. The summed E-state index contributed by atoms with van der Waals surface area (Å²) in [4.78, 5) is 2.02. The number of hydrogen-bond acceptors (Lipinski definition) is 3. The van der Waals surface area contributed by atoms with Crippen LogP contribution in [0, 0.1) is 5.82 Å². The lowest BCUT2D eigenvalue weighted by molar-refractivity contribution is 0.592. The van der Waals surface area contributed by atoms with Crippen molar-refractivity contribution in [2.45, 2.75) is 19.5 Å². The Labute approximate surface area is 125 Å². The highest BCUT2D eigenvalue weighted by molar-refractivity contribution is 9.11. The molecule has 5 heteroatoms. The van der Waals surface area contributed by atoms with Gasteiger partial charge in [0.05, 0.1) is 3.79 Å². The Morgan fingerprint density at radius 1 is 1.47 bits per heavy atom. The van der Waals surface area contributed by atoms with Crippen molar-refractivity contribution < 1.29 is 4.39 Å². The largest absolute Gasteiger partial charge is 0.370 e. The molecule has 0 fully saturated rings. The first-order valence-corrected chi connectivity index (χ1v) is 7.64. The lowest BCUT2D eigenvalue weighted by Gasteiger charge is -2.24. The average Bonchev–Trinajstić information content (AvgIpc) is 2.73. The van der Waals surface area contributed by atoms with Crippen LogP contribution in [0.15, 0.2) is 33.4 Å². The molecule has 0 unspecified atom stereocenters. The molecule has 19 heavy (non-hydrogen) atoms. The van der Waals surface area contributed by atoms with Gasteiger partial charge in [0.15, 0.2) is 0 Å². The van der Waals surface area contributed by atoms with Crippen LogP contribution in [-0.2, 0) is 6.54 Å². The molecule has 0 aliphatic carbocycles. The maximum Gasteiger partial charge on any atom is 0.130 e. The highest BCUT2D eigenvalue weighted by atomic mass is 79.9. The van der Waals surface area contributed by atoms with Crippen LogP contribution in [0.1, 0.15) is 24.1 Å². The molecule has 0 spiro atoms. The standard InChI is InChI=1S/C14H16BrFN2S/c1-9(17)14-11(16)4-3-5-12(14)18(2)7-10-6-13(15)19-8-10/h3-6,8-9H,7,17H2,1-2H3/t9-/m1/s1. The number of anilines is 1. The molecule has 0 saturated carbocycles. The summed E-state index contributed by atoms with van der Waals surface area (Å²) in [5.41, 5.74) is 8.49. The molecule has 0 radical (unpaired) electrons. The monoisotopic (exact) mass is 342 g/mol. The van der Waals surface area contributed by atoms with Gasteiger partial charge < -0.3 is 10.6 Å². The Balaban J connectivity index is 2.28. The van der Waals surface area contributed by atoms with Gasteiger partial charge in [-0.3, -0.25) is 0 Å². The maximum absolute atomic E-state index is 13.9. The van der Waals surface area contributed by atoms with Crippen LogP contribution in [0.2, 0.25) is 0 Å². The van der Waals surface area contributed by atoms with Crippen LogP contribution in [0.25, 0.3) is 0 Å². The van der Waals surface area contributed by atoms with Gasteiger partial charge in [-0.1, -0.05) is 6.07 Å². The molecule has 1 heterocycles. The summed E-state index contributed by atoms with van der Waals surface area (Å²) in [6.45, 7) is 2.53. The van der Waals surface area contributed by atoms with Crippen LogP contribution in [0.4, 0.5) is 10.1 Å². The number of halogens is 2. The van der Waals surface area contributed by atoms with E-state index in [9.17, 15) is 4.39 Å². The van der Waals surface area contributed by atoms with Crippen LogP contribution < -0.4 is 10.6 Å². The quantitative estimate of drug-likeness (QED) is 0.897. The Hall–Kier alpha value is -0.910. The molecule has 0 aliphatic rings. The first-order valence-electron chi connectivity index (χ1n) is 5.97. The molecule has 1 atom stereocenters. The Bertz CT molecular complexity index is 568. The van der Waals surface area contributed by atoms with E-state index in [0.29, 0.717) is 5.56 Å². The number of thiophene rings is 1. The molecule has 102 valence electrons. The third-order valence-corrected chi connectivity index (χ3v) is 4.49. The zero-order chi connectivity index (χ0) is 14.0. The van der Waals surface area contributed by atoms with E-state index in [4.69, 9.17) is 5.73 Å². The van der Waals surface area contributed by atoms with Gasteiger partial charge in [-0.15, -0.1) is 11.3 Å². The van der Waals surface area contributed by atoms with Crippen molar-refractivity contribution in [2.24, 2.45) is 5.73 Å². The van der Waals surface area contributed by atoms with E-state index >= 15 is 0 Å². The van der Waals surface area contributed by atoms with Crippen molar-refractivity contribution in [3.05, 3.63) is 50.4 Å². The molecule has 0 aliphatic heterocycles. The second kappa shape index (κ2) is 6.03. The van der Waals surface area contributed by atoms with Gasteiger partial charge in [0, 0.05) is 30.9 Å². The molecule has 2 nitrogen and oxygen atoms in total. The number of rotatable bonds is 4. The summed E-state index contributed by atoms with van der Waals surface area (Å²) in [7, 11) is 1.95. The Kier molecular flexibility index (Phi) is 4.60. The van der Waals surface area contributed by atoms with E-state index in [1.165, 1.54) is 11.6 Å². The molecule has 2 aromatic rings. The number of benzene rings is 1. The summed E-state index contributed by atoms with van der Waals surface area (Å²) in [5.74, 6) is -0.245. The van der Waals surface area contributed by atoms with E-state index < -0.39 is 0 Å². The molecule has 0 amide bonds. The van der Waals surface area contributed by atoms with Gasteiger partial charge in [-0.25, -0.2) is 4.39 Å². The number of nitrogens with zero attached hydrogens (tertiary/aromatic N) is 1. The molecule has 1 aromatic heterocycles. The minimum absolute atomic E-state index is 0.245. The van der Waals surface area contributed by atoms with E-state index in [0.717, 1.165) is 16.0 Å². The van der Waals surface area contributed by atoms with Crippen LogP contribution in [0.5, 0.6) is 0 Å². The van der Waals surface area contributed by atoms with Gasteiger partial charge in [0.25, 0.3) is 0 Å². The second-order valence-electron chi connectivity index (χ2n) is 4.58. The molecule has 0 bridgehead atoms. The number of hydrogen-bond donors (Lipinski definition) is 1. The minimum Gasteiger partial charge on any atom is -0.370 e. The van der Waals surface area contributed by atoms with Crippen molar-refractivity contribution in [3.8, 4) is 0 Å². The van der Waals surface area contributed by atoms with Crippen LogP contribution in [0.3, 0.4) is 0 Å². The summed E-state index contributed by atoms with van der Waals surface area (Å²) in [5, 5.41) is 2.09. The molecular weight excluding hydrogens is 327 g/mol. The predicted molar refractivity (Wildman–Crippen MR) is 83.1 cm³/mol. The van der Waals surface area contributed by atoms with E-state index in [-0.39, 0.29) is 11.9 Å². The van der Waals surface area contributed by atoms with Crippen molar-refractivity contribution in [2.75, 3.05) is 11.9 Å². The average molecular weight is 343 g/mol. The third-order valence-electron chi connectivity index (χ3n) is 2.94. The lowest BCUT2D eigenvalue weighted by atomic mass is 10.0. The normalized spacial score (nSPS) is 12.5. The van der Waals surface area contributed by atoms with Crippen LogP contribution >= 0.6 is 27.3 Å². The van der Waals surface area contributed by atoms with Gasteiger partial charge in [-0.2, -0.15) is 0 Å². The summed E-state index contributed by atoms with van der Waals surface area (Å²) in [6.07, 6.45) is 0. The van der Waals surface area contributed by atoms with Gasteiger partial charge in [0.2, 0.25) is 0 Å². The SMILES string of the molecule is C[C@@H](N)c1c(F)cccc1N(C)Cc1csc(Br)c1. The van der Waals surface area contributed by atoms with Crippen molar-refractivity contribution in [1.82, 2.24) is 0 Å². The smallest absolute Gasteiger partial charge is 0.130 e. The van der Waals surface area contributed by atoms with Crippen molar-refractivity contribution in [3.63, 3.8) is 0 Å². The Morgan fingerprint density at radius 2 is 2.21 bits per heavy atom. The lowest BCUT2D eigenvalue weighted by Crippen LogP contribution is -2.20. The van der Waals surface area contributed by atoms with Gasteiger partial charge >= 0.3 is 0 Å². The molecular formula is C14H16BrFN2S. The molecule has 1 aromatic carbocycles. The van der Waals surface area contributed by atoms with E-state index in [1.54, 1.807) is 24.3 Å². The van der Waals surface area contributed by atoms with E-state index in [2.05, 4.69) is 27.4 Å². The molecule has 2 N–H and O–H groups in total. The fraction of sp³-hybridized carbons (Fsp3) is 0.286. The molecule has 0 saturated heterocycles. The number of nitrogens with two attached hydrogens (primary N) is 1. The third kappa shape index (κ3) is 3.35. The topological polar surface area (TPSA) is 29.3 Å². The first kappa shape index (κ1) is 14.5. The van der Waals surface area contributed by atoms with Crippen molar-refractivity contribution >= 4 is 33.0 Å². The summed E-state index contributed by atoms with van der Waals surface area (Å²) >= 11 is 5.09. The summed E-state index contributed by atoms with van der Waals surface area (Å²) in [6, 6.07) is 6.83. The maximum atomic E-state index is 13.9. The molecule has 2 rings (SSSR count). The van der Waals surface area contributed by atoms with Gasteiger partial charge in [-0.05, 0) is 52.0 Å². The predicted octanol–water partition coefficient (Wildman–Crippen LogP) is 4.31. The highest BCUT2D eigenvalue weighted by Crippen LogP contribution is 2.29. The summed E-state index contributed by atoms with van der Waals surface area (Å²) < 4.78 is 15.0. The van der Waals surface area contributed by atoms with Crippen LogP contribution in [-0.4, -0.2) is 7.05 Å². The minimum atomic E-state index is -0.326.